The molecule has 3 rings (SSSR count). The Balaban J connectivity index is 1.76. The summed E-state index contributed by atoms with van der Waals surface area (Å²) in [5.74, 6) is 0.675. The van der Waals surface area contributed by atoms with Crippen molar-refractivity contribution in [3.63, 3.8) is 0 Å². The molecular formula is C19H16F2N2O4S. The highest BCUT2D eigenvalue weighted by atomic mass is 32.1. The van der Waals surface area contributed by atoms with Crippen LogP contribution in [0.15, 0.2) is 47.8 Å². The van der Waals surface area contributed by atoms with E-state index in [-0.39, 0.29) is 11.4 Å². The van der Waals surface area contributed by atoms with Gasteiger partial charge in [-0.15, -0.1) is 11.3 Å². The number of amides is 1. The summed E-state index contributed by atoms with van der Waals surface area (Å²) in [5.41, 5.74) is 1.36. The third kappa shape index (κ3) is 4.37. The van der Waals surface area contributed by atoms with E-state index in [1.807, 2.05) is 6.07 Å². The number of para-hydroxylation sites is 1. The maximum absolute atomic E-state index is 12.4. The van der Waals surface area contributed by atoms with Gasteiger partial charge in [-0.2, -0.15) is 8.78 Å². The van der Waals surface area contributed by atoms with Crippen LogP contribution in [0.3, 0.4) is 0 Å². The molecule has 0 spiro atoms. The lowest BCUT2D eigenvalue weighted by Crippen LogP contribution is -2.12. The molecule has 0 aliphatic heterocycles. The van der Waals surface area contributed by atoms with Crippen molar-refractivity contribution in [1.82, 2.24) is 4.98 Å². The second-order valence-electron chi connectivity index (χ2n) is 5.44. The number of aromatic nitrogens is 1. The van der Waals surface area contributed by atoms with Gasteiger partial charge in [-0.3, -0.25) is 4.79 Å². The number of nitrogens with one attached hydrogen (secondary N) is 1. The standard InChI is InChI=1S/C19H16F2N2O4S/c1-25-15-5-3-4-13(16(15)26-2)18-23-14(10-28-18)17(24)22-11-6-8-12(9-7-11)27-19(20)21/h3-10,19H,1-2H3,(H,22,24). The van der Waals surface area contributed by atoms with E-state index < -0.39 is 12.5 Å². The Hall–Kier alpha value is -3.20. The zero-order chi connectivity index (χ0) is 20.1. The third-order valence-electron chi connectivity index (χ3n) is 3.71. The first-order valence-electron chi connectivity index (χ1n) is 8.05. The van der Waals surface area contributed by atoms with Crippen LogP contribution in [0.5, 0.6) is 17.2 Å². The molecule has 0 aliphatic rings. The largest absolute Gasteiger partial charge is 0.493 e. The van der Waals surface area contributed by atoms with Gasteiger partial charge in [0.05, 0.1) is 19.8 Å². The fourth-order valence-corrected chi connectivity index (χ4v) is 3.29. The average Bonchev–Trinajstić information content (AvgIpc) is 3.18. The quantitative estimate of drug-likeness (QED) is 0.617. The van der Waals surface area contributed by atoms with Crippen molar-refractivity contribution in [3.05, 3.63) is 53.5 Å². The van der Waals surface area contributed by atoms with E-state index in [0.29, 0.717) is 27.8 Å². The van der Waals surface area contributed by atoms with Gasteiger partial charge in [0.2, 0.25) is 0 Å². The number of hydrogen-bond acceptors (Lipinski definition) is 6. The van der Waals surface area contributed by atoms with Crippen molar-refractivity contribution in [2.45, 2.75) is 6.61 Å². The van der Waals surface area contributed by atoms with Crippen molar-refractivity contribution >= 4 is 22.9 Å². The number of rotatable bonds is 7. The Bertz CT molecular complexity index is 961. The summed E-state index contributed by atoms with van der Waals surface area (Å²) in [7, 11) is 3.07. The van der Waals surface area contributed by atoms with Gasteiger partial charge in [0, 0.05) is 11.1 Å². The first-order chi connectivity index (χ1) is 13.5. The Kier molecular flexibility index (Phi) is 6.05. The Labute approximate surface area is 163 Å². The van der Waals surface area contributed by atoms with Crippen LogP contribution in [0.1, 0.15) is 10.5 Å². The summed E-state index contributed by atoms with van der Waals surface area (Å²) in [5, 5.41) is 4.88. The lowest BCUT2D eigenvalue weighted by Gasteiger charge is -2.10. The molecule has 1 N–H and O–H groups in total. The molecule has 0 aliphatic carbocycles. The van der Waals surface area contributed by atoms with Crippen molar-refractivity contribution < 1.29 is 27.8 Å². The van der Waals surface area contributed by atoms with E-state index >= 15 is 0 Å². The van der Waals surface area contributed by atoms with E-state index in [9.17, 15) is 13.6 Å². The molecule has 0 saturated carbocycles. The van der Waals surface area contributed by atoms with Crippen molar-refractivity contribution in [3.8, 4) is 27.8 Å². The Morgan fingerprint density at radius 1 is 1.11 bits per heavy atom. The number of nitrogens with zero attached hydrogens (tertiary/aromatic N) is 1. The van der Waals surface area contributed by atoms with E-state index in [2.05, 4.69) is 15.0 Å². The maximum Gasteiger partial charge on any atom is 0.387 e. The molecule has 0 bridgehead atoms. The van der Waals surface area contributed by atoms with Crippen LogP contribution in [-0.4, -0.2) is 31.7 Å². The number of thiazole rings is 1. The number of hydrogen-bond donors (Lipinski definition) is 1. The van der Waals surface area contributed by atoms with Crippen LogP contribution in [0.4, 0.5) is 14.5 Å². The van der Waals surface area contributed by atoms with Crippen molar-refractivity contribution in [2.24, 2.45) is 0 Å². The van der Waals surface area contributed by atoms with Crippen LogP contribution in [-0.2, 0) is 0 Å². The normalized spacial score (nSPS) is 10.6. The minimum atomic E-state index is -2.90. The minimum Gasteiger partial charge on any atom is -0.493 e. The summed E-state index contributed by atoms with van der Waals surface area (Å²) in [6.07, 6.45) is 0. The van der Waals surface area contributed by atoms with Gasteiger partial charge in [0.25, 0.3) is 5.91 Å². The highest BCUT2D eigenvalue weighted by molar-refractivity contribution is 7.13. The predicted molar refractivity (Wildman–Crippen MR) is 102 cm³/mol. The first kappa shape index (κ1) is 19.6. The van der Waals surface area contributed by atoms with Gasteiger partial charge in [0.15, 0.2) is 11.5 Å². The third-order valence-corrected chi connectivity index (χ3v) is 4.58. The fraction of sp³-hybridized carbons (Fsp3) is 0.158. The molecule has 6 nitrogen and oxygen atoms in total. The second-order valence-corrected chi connectivity index (χ2v) is 6.29. The molecule has 146 valence electrons. The van der Waals surface area contributed by atoms with E-state index in [1.54, 1.807) is 24.6 Å². The van der Waals surface area contributed by atoms with Crippen LogP contribution in [0, 0.1) is 0 Å². The molecule has 0 saturated heterocycles. The summed E-state index contributed by atoms with van der Waals surface area (Å²) in [6, 6.07) is 11.0. The monoisotopic (exact) mass is 406 g/mol. The number of methoxy groups -OCH3 is 2. The van der Waals surface area contributed by atoms with Crippen LogP contribution in [0.25, 0.3) is 10.6 Å². The summed E-state index contributed by atoms with van der Waals surface area (Å²) in [6.45, 7) is -2.90. The Morgan fingerprint density at radius 3 is 2.50 bits per heavy atom. The van der Waals surface area contributed by atoms with Gasteiger partial charge in [-0.05, 0) is 36.4 Å². The number of alkyl halides is 2. The molecule has 0 atom stereocenters. The number of anilines is 1. The molecule has 28 heavy (non-hydrogen) atoms. The number of carbonyl (C=O) groups excluding carboxylic acids is 1. The van der Waals surface area contributed by atoms with Gasteiger partial charge in [-0.1, -0.05) is 6.07 Å². The maximum atomic E-state index is 12.4. The van der Waals surface area contributed by atoms with Gasteiger partial charge >= 0.3 is 6.61 Å². The topological polar surface area (TPSA) is 69.7 Å². The Morgan fingerprint density at radius 2 is 1.86 bits per heavy atom. The highest BCUT2D eigenvalue weighted by Gasteiger charge is 2.17. The fourth-order valence-electron chi connectivity index (χ4n) is 2.47. The van der Waals surface area contributed by atoms with Gasteiger partial charge < -0.3 is 19.5 Å². The molecule has 1 aromatic heterocycles. The summed E-state index contributed by atoms with van der Waals surface area (Å²) in [4.78, 5) is 16.8. The predicted octanol–water partition coefficient (Wildman–Crippen LogP) is 4.68. The van der Waals surface area contributed by atoms with Gasteiger partial charge in [0.1, 0.15) is 16.5 Å². The lowest BCUT2D eigenvalue weighted by atomic mass is 10.2. The molecule has 3 aromatic rings. The summed E-state index contributed by atoms with van der Waals surface area (Å²) < 4.78 is 39.3. The zero-order valence-corrected chi connectivity index (χ0v) is 15.8. The molecule has 1 heterocycles. The van der Waals surface area contributed by atoms with E-state index in [0.717, 1.165) is 0 Å². The van der Waals surface area contributed by atoms with E-state index in [1.165, 1.54) is 42.7 Å². The SMILES string of the molecule is COc1cccc(-c2nc(C(=O)Nc3ccc(OC(F)F)cc3)cs2)c1OC. The first-order valence-corrected chi connectivity index (χ1v) is 8.93. The van der Waals surface area contributed by atoms with Crippen LogP contribution < -0.4 is 19.5 Å². The molecule has 2 aromatic carbocycles. The molecular weight excluding hydrogens is 390 g/mol. The van der Waals surface area contributed by atoms with Crippen molar-refractivity contribution in [2.75, 3.05) is 19.5 Å². The van der Waals surface area contributed by atoms with E-state index in [4.69, 9.17) is 9.47 Å². The van der Waals surface area contributed by atoms with Crippen LogP contribution in [0.2, 0.25) is 0 Å². The average molecular weight is 406 g/mol. The molecule has 0 fully saturated rings. The molecule has 0 unspecified atom stereocenters. The number of halogens is 2. The van der Waals surface area contributed by atoms with Crippen molar-refractivity contribution in [1.29, 1.82) is 0 Å². The number of benzene rings is 2. The number of carbonyl (C=O) groups is 1. The smallest absolute Gasteiger partial charge is 0.387 e. The summed E-state index contributed by atoms with van der Waals surface area (Å²) >= 11 is 1.29. The second kappa shape index (κ2) is 8.66. The van der Waals surface area contributed by atoms with Gasteiger partial charge in [-0.25, -0.2) is 4.98 Å². The number of ether oxygens (including phenoxy) is 3. The molecule has 1 amide bonds. The lowest BCUT2D eigenvalue weighted by molar-refractivity contribution is -0.0498. The van der Waals surface area contributed by atoms with Crippen LogP contribution >= 0.6 is 11.3 Å². The highest BCUT2D eigenvalue weighted by Crippen LogP contribution is 2.39. The zero-order valence-electron chi connectivity index (χ0n) is 14.9. The minimum absolute atomic E-state index is 0.00839. The molecule has 9 heteroatoms. The molecule has 0 radical (unpaired) electrons.